The van der Waals surface area contributed by atoms with Crippen molar-refractivity contribution in [2.45, 2.75) is 0 Å². The van der Waals surface area contributed by atoms with Crippen molar-refractivity contribution in [3.63, 3.8) is 0 Å². The van der Waals surface area contributed by atoms with Crippen LogP contribution in [-0.2, 0) is 0 Å². The number of rotatable bonds is 2. The van der Waals surface area contributed by atoms with E-state index in [2.05, 4.69) is 15.9 Å². The van der Waals surface area contributed by atoms with Crippen molar-refractivity contribution in [3.8, 4) is 11.5 Å². The molecule has 1 heterocycles. The van der Waals surface area contributed by atoms with Gasteiger partial charge in [0.1, 0.15) is 17.3 Å². The van der Waals surface area contributed by atoms with Crippen molar-refractivity contribution >= 4 is 37.4 Å². The highest BCUT2D eigenvalue weighted by atomic mass is 79.9. The van der Waals surface area contributed by atoms with Gasteiger partial charge in [0.15, 0.2) is 0 Å². The van der Waals surface area contributed by atoms with Gasteiger partial charge in [0.25, 0.3) is 0 Å². The maximum absolute atomic E-state index is 13.4. The Balaban J connectivity index is 2.04. The lowest BCUT2D eigenvalue weighted by Crippen LogP contribution is -1.86. The molecule has 0 unspecified atom stereocenters. The summed E-state index contributed by atoms with van der Waals surface area (Å²) in [6.45, 7) is 0. The Kier molecular flexibility index (Phi) is 3.06. The third-order valence-corrected chi connectivity index (χ3v) is 4.29. The number of halogens is 2. The van der Waals surface area contributed by atoms with E-state index in [-0.39, 0.29) is 5.82 Å². The van der Waals surface area contributed by atoms with Gasteiger partial charge in [0, 0.05) is 15.5 Å². The quantitative estimate of drug-likeness (QED) is 0.597. The van der Waals surface area contributed by atoms with E-state index in [9.17, 15) is 4.39 Å². The molecule has 0 aliphatic heterocycles. The molecule has 0 saturated heterocycles. The fraction of sp³-hybridized carbons (Fsp3) is 0. The smallest absolute Gasteiger partial charge is 0.146 e. The van der Waals surface area contributed by atoms with Crippen LogP contribution in [0.5, 0.6) is 11.5 Å². The fourth-order valence-corrected chi connectivity index (χ4v) is 2.92. The molecule has 0 aliphatic carbocycles. The number of ether oxygens (including phenoxy) is 1. The Morgan fingerprint density at radius 3 is 2.72 bits per heavy atom. The maximum Gasteiger partial charge on any atom is 0.146 e. The summed E-state index contributed by atoms with van der Waals surface area (Å²) in [6.07, 6.45) is 0. The highest BCUT2D eigenvalue weighted by molar-refractivity contribution is 9.10. The summed E-state index contributed by atoms with van der Waals surface area (Å²) in [5, 5.41) is 2.97. The molecule has 3 aromatic rings. The normalized spacial score (nSPS) is 10.8. The largest absolute Gasteiger partial charge is 0.455 e. The Hall–Kier alpha value is -1.39. The van der Waals surface area contributed by atoms with Crippen molar-refractivity contribution in [2.75, 3.05) is 0 Å². The van der Waals surface area contributed by atoms with Gasteiger partial charge in [-0.15, -0.1) is 11.3 Å². The Labute approximate surface area is 116 Å². The van der Waals surface area contributed by atoms with Gasteiger partial charge < -0.3 is 4.74 Å². The van der Waals surface area contributed by atoms with E-state index in [1.807, 2.05) is 29.6 Å². The summed E-state index contributed by atoms with van der Waals surface area (Å²) in [4.78, 5) is 0. The first-order chi connectivity index (χ1) is 8.75. The molecule has 0 aliphatic rings. The van der Waals surface area contributed by atoms with E-state index in [0.717, 1.165) is 15.8 Å². The van der Waals surface area contributed by atoms with Gasteiger partial charge in [-0.1, -0.05) is 18.2 Å². The Bertz CT molecular complexity index is 708. The lowest BCUT2D eigenvalue weighted by molar-refractivity contribution is 0.479. The third kappa shape index (κ3) is 2.02. The van der Waals surface area contributed by atoms with Crippen LogP contribution < -0.4 is 4.74 Å². The second-order valence-corrected chi connectivity index (χ2v) is 5.45. The molecule has 0 bridgehead atoms. The van der Waals surface area contributed by atoms with Crippen LogP contribution in [0.3, 0.4) is 0 Å². The predicted octanol–water partition coefficient (Wildman–Crippen LogP) is 5.60. The van der Waals surface area contributed by atoms with Crippen LogP contribution in [0.1, 0.15) is 0 Å². The van der Waals surface area contributed by atoms with E-state index in [0.29, 0.717) is 10.2 Å². The molecule has 90 valence electrons. The molecule has 0 amide bonds. The zero-order chi connectivity index (χ0) is 12.5. The average molecular weight is 323 g/mol. The molecule has 0 fully saturated rings. The molecule has 18 heavy (non-hydrogen) atoms. The number of thiophene rings is 1. The second kappa shape index (κ2) is 4.71. The average Bonchev–Trinajstić information content (AvgIpc) is 2.79. The highest BCUT2D eigenvalue weighted by Crippen LogP contribution is 2.38. The molecule has 0 N–H and O–H groups in total. The zero-order valence-corrected chi connectivity index (χ0v) is 11.6. The monoisotopic (exact) mass is 322 g/mol. The van der Waals surface area contributed by atoms with Gasteiger partial charge in [-0.3, -0.25) is 0 Å². The van der Waals surface area contributed by atoms with Gasteiger partial charge in [-0.25, -0.2) is 4.39 Å². The topological polar surface area (TPSA) is 9.23 Å². The lowest BCUT2D eigenvalue weighted by atomic mass is 10.2. The SMILES string of the molecule is Fc1cccc(Oc2csc3ccccc23)c1Br. The first-order valence-corrected chi connectivity index (χ1v) is 7.01. The first-order valence-electron chi connectivity index (χ1n) is 5.34. The molecule has 0 radical (unpaired) electrons. The van der Waals surface area contributed by atoms with Crippen molar-refractivity contribution < 1.29 is 9.13 Å². The summed E-state index contributed by atoms with van der Waals surface area (Å²) in [6, 6.07) is 12.7. The predicted molar refractivity (Wildman–Crippen MR) is 76.0 cm³/mol. The van der Waals surface area contributed by atoms with Crippen LogP contribution in [0.4, 0.5) is 4.39 Å². The van der Waals surface area contributed by atoms with Crippen LogP contribution in [0.15, 0.2) is 52.3 Å². The number of fused-ring (bicyclic) bond motifs is 1. The first kappa shape index (κ1) is 11.7. The molecule has 0 atom stereocenters. The van der Waals surface area contributed by atoms with E-state index in [4.69, 9.17) is 4.74 Å². The lowest BCUT2D eigenvalue weighted by Gasteiger charge is -2.06. The number of benzene rings is 2. The van der Waals surface area contributed by atoms with Gasteiger partial charge in [-0.05, 0) is 40.2 Å². The standard InChI is InChI=1S/C14H8BrFOS/c15-14-10(16)5-3-6-11(14)17-12-8-18-13-7-2-1-4-9(12)13/h1-8H. The van der Waals surface area contributed by atoms with Crippen LogP contribution in [-0.4, -0.2) is 0 Å². The molecular formula is C14H8BrFOS. The molecule has 4 heteroatoms. The summed E-state index contributed by atoms with van der Waals surface area (Å²) in [5.74, 6) is 0.910. The van der Waals surface area contributed by atoms with Crippen molar-refractivity contribution in [1.82, 2.24) is 0 Å². The van der Waals surface area contributed by atoms with Crippen molar-refractivity contribution in [3.05, 3.63) is 58.1 Å². The minimum absolute atomic E-state index is 0.327. The van der Waals surface area contributed by atoms with Gasteiger partial charge in [0.2, 0.25) is 0 Å². The van der Waals surface area contributed by atoms with E-state index in [1.54, 1.807) is 23.5 Å². The van der Waals surface area contributed by atoms with Crippen LogP contribution >= 0.6 is 27.3 Å². The molecule has 2 aromatic carbocycles. The zero-order valence-electron chi connectivity index (χ0n) is 9.19. The van der Waals surface area contributed by atoms with Crippen LogP contribution in [0.25, 0.3) is 10.1 Å². The highest BCUT2D eigenvalue weighted by Gasteiger charge is 2.10. The van der Waals surface area contributed by atoms with Crippen molar-refractivity contribution in [2.24, 2.45) is 0 Å². The van der Waals surface area contributed by atoms with Crippen LogP contribution in [0, 0.1) is 5.82 Å². The van der Waals surface area contributed by atoms with Gasteiger partial charge in [-0.2, -0.15) is 0 Å². The number of hydrogen-bond acceptors (Lipinski definition) is 2. The minimum atomic E-state index is -0.327. The summed E-state index contributed by atoms with van der Waals surface area (Å²) in [5.41, 5.74) is 0. The Morgan fingerprint density at radius 1 is 1.00 bits per heavy atom. The molecular weight excluding hydrogens is 315 g/mol. The van der Waals surface area contributed by atoms with Crippen LogP contribution in [0.2, 0.25) is 0 Å². The maximum atomic E-state index is 13.4. The molecule has 1 nitrogen and oxygen atoms in total. The van der Waals surface area contributed by atoms with E-state index >= 15 is 0 Å². The molecule has 3 rings (SSSR count). The fourth-order valence-electron chi connectivity index (χ4n) is 1.71. The number of hydrogen-bond donors (Lipinski definition) is 0. The summed E-state index contributed by atoms with van der Waals surface area (Å²) in [7, 11) is 0. The summed E-state index contributed by atoms with van der Waals surface area (Å²) < 4.78 is 20.7. The Morgan fingerprint density at radius 2 is 1.83 bits per heavy atom. The van der Waals surface area contributed by atoms with Crippen molar-refractivity contribution in [1.29, 1.82) is 0 Å². The van der Waals surface area contributed by atoms with E-state index < -0.39 is 0 Å². The summed E-state index contributed by atoms with van der Waals surface area (Å²) >= 11 is 4.80. The molecule has 0 spiro atoms. The minimum Gasteiger partial charge on any atom is -0.455 e. The van der Waals surface area contributed by atoms with E-state index in [1.165, 1.54) is 6.07 Å². The molecule has 0 saturated carbocycles. The molecule has 1 aromatic heterocycles. The van der Waals surface area contributed by atoms with Gasteiger partial charge in [0.05, 0.1) is 4.47 Å². The third-order valence-electron chi connectivity index (χ3n) is 2.58. The van der Waals surface area contributed by atoms with Gasteiger partial charge >= 0.3 is 0 Å². The second-order valence-electron chi connectivity index (χ2n) is 3.75.